The first-order valence-electron chi connectivity index (χ1n) is 6.25. The molecule has 1 aromatic rings. The lowest BCUT2D eigenvalue weighted by Crippen LogP contribution is -2.42. The lowest BCUT2D eigenvalue weighted by Gasteiger charge is -2.34. The molecule has 104 valence electrons. The molecule has 1 saturated heterocycles. The lowest BCUT2D eigenvalue weighted by molar-refractivity contribution is -0.385. The Bertz CT molecular complexity index is 475. The molecule has 2 rings (SSSR count). The fourth-order valence-corrected chi connectivity index (χ4v) is 2.45. The summed E-state index contributed by atoms with van der Waals surface area (Å²) < 4.78 is 0. The van der Waals surface area contributed by atoms with Gasteiger partial charge in [0.1, 0.15) is 12.0 Å². The molecule has 6 nitrogen and oxygen atoms in total. The van der Waals surface area contributed by atoms with Crippen molar-refractivity contribution < 1.29 is 4.92 Å². The van der Waals surface area contributed by atoms with Crippen LogP contribution < -0.4 is 10.6 Å². The van der Waals surface area contributed by atoms with Gasteiger partial charge in [-0.1, -0.05) is 18.5 Å². The van der Waals surface area contributed by atoms with E-state index in [2.05, 4.69) is 22.5 Å². The van der Waals surface area contributed by atoms with Crippen LogP contribution in [0.4, 0.5) is 11.5 Å². The number of rotatable bonds is 4. The van der Waals surface area contributed by atoms with E-state index in [9.17, 15) is 10.1 Å². The third-order valence-corrected chi connectivity index (χ3v) is 3.69. The van der Waals surface area contributed by atoms with E-state index in [1.165, 1.54) is 12.3 Å². The van der Waals surface area contributed by atoms with Crippen LogP contribution in [0.5, 0.6) is 0 Å². The third kappa shape index (κ3) is 3.54. The molecule has 0 saturated carbocycles. The fourth-order valence-electron chi connectivity index (χ4n) is 2.22. The maximum Gasteiger partial charge on any atom is 0.289 e. The van der Waals surface area contributed by atoms with Crippen molar-refractivity contribution in [3.05, 3.63) is 27.4 Å². The predicted molar refractivity (Wildman–Crippen MR) is 74.6 cm³/mol. The van der Waals surface area contributed by atoms with Crippen LogP contribution in [0, 0.1) is 15.5 Å². The molecule has 0 aromatic carbocycles. The van der Waals surface area contributed by atoms with E-state index < -0.39 is 4.92 Å². The Labute approximate surface area is 116 Å². The fraction of sp³-hybridized carbons (Fsp3) is 0.583. The molecule has 0 aliphatic carbocycles. The highest BCUT2D eigenvalue weighted by Gasteiger charge is 2.26. The minimum absolute atomic E-state index is 0.0962. The van der Waals surface area contributed by atoms with Gasteiger partial charge in [-0.05, 0) is 24.8 Å². The summed E-state index contributed by atoms with van der Waals surface area (Å²) in [6.07, 6.45) is 3.51. The molecule has 7 heteroatoms. The first kappa shape index (κ1) is 14.0. The van der Waals surface area contributed by atoms with Gasteiger partial charge in [0.15, 0.2) is 0 Å². The SMILES string of the molecule is CC1(CNc2ncc([N+](=O)[O-])cc2Cl)CCCNC1. The van der Waals surface area contributed by atoms with Crippen LogP contribution in [0.1, 0.15) is 19.8 Å². The Balaban J connectivity index is 2.01. The zero-order valence-electron chi connectivity index (χ0n) is 10.8. The van der Waals surface area contributed by atoms with E-state index >= 15 is 0 Å². The first-order chi connectivity index (χ1) is 9.00. The summed E-state index contributed by atoms with van der Waals surface area (Å²) in [5, 5.41) is 17.4. The highest BCUT2D eigenvalue weighted by atomic mass is 35.5. The highest BCUT2D eigenvalue weighted by molar-refractivity contribution is 6.33. The van der Waals surface area contributed by atoms with Crippen molar-refractivity contribution in [2.45, 2.75) is 19.8 Å². The molecule has 1 aromatic heterocycles. The molecule has 0 bridgehead atoms. The lowest BCUT2D eigenvalue weighted by atomic mass is 9.83. The van der Waals surface area contributed by atoms with Gasteiger partial charge >= 0.3 is 0 Å². The molecule has 1 unspecified atom stereocenters. The highest BCUT2D eigenvalue weighted by Crippen LogP contribution is 2.28. The van der Waals surface area contributed by atoms with Crippen molar-refractivity contribution in [1.29, 1.82) is 0 Å². The second kappa shape index (κ2) is 5.71. The quantitative estimate of drug-likeness (QED) is 0.656. The monoisotopic (exact) mass is 284 g/mol. The number of nitrogens with one attached hydrogen (secondary N) is 2. The summed E-state index contributed by atoms with van der Waals surface area (Å²) in [6, 6.07) is 1.32. The maximum absolute atomic E-state index is 10.6. The van der Waals surface area contributed by atoms with E-state index in [1.54, 1.807) is 0 Å². The molecule has 1 aliphatic heterocycles. The number of hydrogen-bond acceptors (Lipinski definition) is 5. The topological polar surface area (TPSA) is 80.1 Å². The van der Waals surface area contributed by atoms with Gasteiger partial charge in [0, 0.05) is 19.2 Å². The molecule has 1 aliphatic rings. The van der Waals surface area contributed by atoms with Gasteiger partial charge in [0.2, 0.25) is 0 Å². The zero-order chi connectivity index (χ0) is 13.9. The summed E-state index contributed by atoms with van der Waals surface area (Å²) in [6.45, 7) is 4.95. The number of nitro groups is 1. The second-order valence-corrected chi connectivity index (χ2v) is 5.63. The smallest absolute Gasteiger partial charge is 0.289 e. The molecule has 1 atom stereocenters. The Kier molecular flexibility index (Phi) is 4.21. The van der Waals surface area contributed by atoms with Crippen LogP contribution in [-0.2, 0) is 0 Å². The molecule has 1 fully saturated rings. The standard InChI is InChI=1S/C12H17ClN4O2/c1-12(3-2-4-14-7-12)8-16-11-10(13)5-9(6-15-11)17(18)19/h5-6,14H,2-4,7-8H2,1H3,(H,15,16). The number of aromatic nitrogens is 1. The van der Waals surface area contributed by atoms with Crippen molar-refractivity contribution in [1.82, 2.24) is 10.3 Å². The summed E-state index contributed by atoms with van der Waals surface area (Å²) in [7, 11) is 0. The number of hydrogen-bond donors (Lipinski definition) is 2. The number of nitrogens with zero attached hydrogens (tertiary/aromatic N) is 2. The van der Waals surface area contributed by atoms with Gasteiger partial charge in [0.05, 0.1) is 9.95 Å². The van der Waals surface area contributed by atoms with Crippen LogP contribution >= 0.6 is 11.6 Å². The molecule has 19 heavy (non-hydrogen) atoms. The Morgan fingerprint density at radius 2 is 2.47 bits per heavy atom. The number of anilines is 1. The Morgan fingerprint density at radius 1 is 1.68 bits per heavy atom. The second-order valence-electron chi connectivity index (χ2n) is 5.23. The van der Waals surface area contributed by atoms with Crippen LogP contribution in [0.25, 0.3) is 0 Å². The largest absolute Gasteiger partial charge is 0.368 e. The van der Waals surface area contributed by atoms with E-state index in [0.717, 1.165) is 32.5 Å². The number of pyridine rings is 1. The molecule has 0 radical (unpaired) electrons. The van der Waals surface area contributed by atoms with Crippen molar-refractivity contribution in [2.24, 2.45) is 5.41 Å². The van der Waals surface area contributed by atoms with Crippen molar-refractivity contribution in [3.8, 4) is 0 Å². The van der Waals surface area contributed by atoms with Gasteiger partial charge in [-0.25, -0.2) is 4.98 Å². The van der Waals surface area contributed by atoms with E-state index in [-0.39, 0.29) is 16.1 Å². The van der Waals surface area contributed by atoms with Crippen molar-refractivity contribution in [3.63, 3.8) is 0 Å². The molecule has 0 spiro atoms. The van der Waals surface area contributed by atoms with Crippen LogP contribution in [0.3, 0.4) is 0 Å². The normalized spacial score (nSPS) is 23.1. The number of halogens is 1. The minimum atomic E-state index is -0.505. The molecular formula is C12H17ClN4O2. The van der Waals surface area contributed by atoms with E-state index in [4.69, 9.17) is 11.6 Å². The van der Waals surface area contributed by atoms with Gasteiger partial charge < -0.3 is 10.6 Å². The summed E-state index contributed by atoms with van der Waals surface area (Å²) >= 11 is 5.99. The molecule has 0 amide bonds. The molecule has 2 N–H and O–H groups in total. The number of piperidine rings is 1. The van der Waals surface area contributed by atoms with E-state index in [1.807, 2.05) is 0 Å². The van der Waals surface area contributed by atoms with Crippen LogP contribution in [0.15, 0.2) is 12.3 Å². The summed E-state index contributed by atoms with van der Waals surface area (Å²) in [5.74, 6) is 0.499. The van der Waals surface area contributed by atoms with Gasteiger partial charge in [-0.2, -0.15) is 0 Å². The van der Waals surface area contributed by atoms with Gasteiger partial charge in [-0.15, -0.1) is 0 Å². The first-order valence-corrected chi connectivity index (χ1v) is 6.62. The third-order valence-electron chi connectivity index (χ3n) is 3.41. The van der Waals surface area contributed by atoms with Crippen molar-refractivity contribution in [2.75, 3.05) is 25.0 Å². The van der Waals surface area contributed by atoms with E-state index in [0.29, 0.717) is 5.82 Å². The van der Waals surface area contributed by atoms with Crippen LogP contribution in [-0.4, -0.2) is 29.5 Å². The molecular weight excluding hydrogens is 268 g/mol. The maximum atomic E-state index is 10.6. The summed E-state index contributed by atoms with van der Waals surface area (Å²) in [4.78, 5) is 14.1. The summed E-state index contributed by atoms with van der Waals surface area (Å²) in [5.41, 5.74) is 0.0616. The Hall–Kier alpha value is -1.40. The van der Waals surface area contributed by atoms with Gasteiger partial charge in [0.25, 0.3) is 5.69 Å². The average Bonchev–Trinajstić information content (AvgIpc) is 2.38. The van der Waals surface area contributed by atoms with Crippen LogP contribution in [0.2, 0.25) is 5.02 Å². The predicted octanol–water partition coefficient (Wildman–Crippen LogP) is 2.44. The Morgan fingerprint density at radius 3 is 3.05 bits per heavy atom. The minimum Gasteiger partial charge on any atom is -0.368 e. The van der Waals surface area contributed by atoms with Crippen molar-refractivity contribution >= 4 is 23.1 Å². The van der Waals surface area contributed by atoms with Gasteiger partial charge in [-0.3, -0.25) is 10.1 Å². The zero-order valence-corrected chi connectivity index (χ0v) is 11.5. The average molecular weight is 285 g/mol. The molecule has 2 heterocycles.